The van der Waals surface area contributed by atoms with Gasteiger partial charge in [-0.05, 0) is 17.5 Å². The molecular formula is C12H11N3O4S. The minimum atomic E-state index is -0.857. The lowest BCUT2D eigenvalue weighted by atomic mass is 10.2. The lowest BCUT2D eigenvalue weighted by Gasteiger charge is -2.11. The minimum Gasteiger partial charge on any atom is -0.506 e. The maximum atomic E-state index is 11.9. The number of phenolic OH excluding ortho intramolecular Hbond substituents is 1. The van der Waals surface area contributed by atoms with E-state index in [1.807, 2.05) is 0 Å². The van der Waals surface area contributed by atoms with Gasteiger partial charge in [0.2, 0.25) is 5.91 Å². The summed E-state index contributed by atoms with van der Waals surface area (Å²) >= 11 is 1.34. The van der Waals surface area contributed by atoms with Crippen LogP contribution in [0.5, 0.6) is 5.75 Å². The van der Waals surface area contributed by atoms with Gasteiger partial charge >= 0.3 is 0 Å². The number of amides is 1. The molecule has 1 unspecified atom stereocenters. The highest BCUT2D eigenvalue weighted by Crippen LogP contribution is 2.28. The molecule has 0 bridgehead atoms. The van der Waals surface area contributed by atoms with Crippen LogP contribution in [0.4, 0.5) is 11.4 Å². The second-order valence-electron chi connectivity index (χ2n) is 3.94. The lowest BCUT2D eigenvalue weighted by Crippen LogP contribution is -2.27. The quantitative estimate of drug-likeness (QED) is 0.452. The zero-order valence-electron chi connectivity index (χ0n) is 10.1. The van der Waals surface area contributed by atoms with Gasteiger partial charge in [-0.25, -0.2) is 0 Å². The number of anilines is 1. The van der Waals surface area contributed by atoms with Crippen molar-refractivity contribution in [3.8, 4) is 5.75 Å². The molecule has 1 aromatic heterocycles. The van der Waals surface area contributed by atoms with Crippen LogP contribution in [-0.4, -0.2) is 15.9 Å². The van der Waals surface area contributed by atoms with Crippen molar-refractivity contribution in [1.82, 2.24) is 0 Å². The van der Waals surface area contributed by atoms with Gasteiger partial charge in [-0.3, -0.25) is 14.9 Å². The highest BCUT2D eigenvalue weighted by Gasteiger charge is 2.19. The van der Waals surface area contributed by atoms with Gasteiger partial charge in [-0.15, -0.1) is 11.3 Å². The summed E-state index contributed by atoms with van der Waals surface area (Å²) in [4.78, 5) is 22.5. The van der Waals surface area contributed by atoms with E-state index in [9.17, 15) is 20.0 Å². The molecule has 2 aromatic rings. The Balaban J connectivity index is 2.14. The monoisotopic (exact) mass is 293 g/mol. The molecule has 0 fully saturated rings. The van der Waals surface area contributed by atoms with E-state index in [-0.39, 0.29) is 17.1 Å². The van der Waals surface area contributed by atoms with Crippen LogP contribution < -0.4 is 11.1 Å². The molecule has 7 nitrogen and oxygen atoms in total. The fourth-order valence-electron chi connectivity index (χ4n) is 1.55. The SMILES string of the molecule is NC(C(=O)Nc1ccc([N+](=O)[O-])cc1O)c1cccs1. The molecule has 20 heavy (non-hydrogen) atoms. The zero-order chi connectivity index (χ0) is 14.7. The molecule has 4 N–H and O–H groups in total. The molecule has 1 amide bonds. The van der Waals surface area contributed by atoms with Crippen LogP contribution in [0.15, 0.2) is 35.7 Å². The van der Waals surface area contributed by atoms with Gasteiger partial charge < -0.3 is 16.2 Å². The largest absolute Gasteiger partial charge is 0.506 e. The molecule has 0 spiro atoms. The Morgan fingerprint density at radius 3 is 2.75 bits per heavy atom. The van der Waals surface area contributed by atoms with Crippen molar-refractivity contribution in [3.63, 3.8) is 0 Å². The van der Waals surface area contributed by atoms with Crippen LogP contribution in [-0.2, 0) is 4.79 Å². The van der Waals surface area contributed by atoms with Crippen LogP contribution in [0.3, 0.4) is 0 Å². The third-order valence-corrected chi connectivity index (χ3v) is 3.54. The molecule has 0 saturated heterocycles. The number of carbonyl (C=O) groups excluding carboxylic acids is 1. The average molecular weight is 293 g/mol. The number of thiophene rings is 1. The van der Waals surface area contributed by atoms with Crippen LogP contribution in [0.25, 0.3) is 0 Å². The molecule has 0 aliphatic carbocycles. The number of nitrogens with two attached hydrogens (primary N) is 1. The summed E-state index contributed by atoms with van der Waals surface area (Å²) in [6.45, 7) is 0. The first kappa shape index (κ1) is 14.0. The Hall–Kier alpha value is -2.45. The lowest BCUT2D eigenvalue weighted by molar-refractivity contribution is -0.384. The van der Waals surface area contributed by atoms with Crippen molar-refractivity contribution in [2.45, 2.75) is 6.04 Å². The molecule has 104 valence electrons. The average Bonchev–Trinajstić information content (AvgIpc) is 2.93. The maximum absolute atomic E-state index is 11.9. The topological polar surface area (TPSA) is 118 Å². The predicted molar refractivity (Wildman–Crippen MR) is 74.6 cm³/mol. The number of non-ortho nitro benzene ring substituents is 1. The molecule has 0 radical (unpaired) electrons. The number of phenols is 1. The van der Waals surface area contributed by atoms with Crippen LogP contribution in [0, 0.1) is 10.1 Å². The Morgan fingerprint density at radius 2 is 2.20 bits per heavy atom. The molecule has 8 heteroatoms. The van der Waals surface area contributed by atoms with Gasteiger partial charge in [0, 0.05) is 10.9 Å². The van der Waals surface area contributed by atoms with Crippen molar-refractivity contribution in [1.29, 1.82) is 0 Å². The Labute approximate surface area is 117 Å². The highest BCUT2D eigenvalue weighted by atomic mass is 32.1. The van der Waals surface area contributed by atoms with Crippen molar-refractivity contribution in [2.75, 3.05) is 5.32 Å². The fourth-order valence-corrected chi connectivity index (χ4v) is 2.27. The second-order valence-corrected chi connectivity index (χ2v) is 4.92. The summed E-state index contributed by atoms with van der Waals surface area (Å²) in [5, 5.41) is 24.4. The molecule has 1 heterocycles. The fraction of sp³-hybridized carbons (Fsp3) is 0.0833. The molecule has 1 aromatic carbocycles. The normalized spacial score (nSPS) is 11.8. The van der Waals surface area contributed by atoms with E-state index in [1.54, 1.807) is 17.5 Å². The summed E-state index contributed by atoms with van der Waals surface area (Å²) in [7, 11) is 0. The number of aromatic hydroxyl groups is 1. The summed E-state index contributed by atoms with van der Waals surface area (Å²) in [6, 6.07) is 6.05. The third-order valence-electron chi connectivity index (χ3n) is 2.58. The number of nitrogens with one attached hydrogen (secondary N) is 1. The maximum Gasteiger partial charge on any atom is 0.273 e. The minimum absolute atomic E-state index is 0.0765. The number of rotatable bonds is 4. The molecule has 1 atom stereocenters. The van der Waals surface area contributed by atoms with E-state index in [0.29, 0.717) is 4.88 Å². The number of nitro benzene ring substituents is 1. The van der Waals surface area contributed by atoms with Crippen molar-refractivity contribution in [2.24, 2.45) is 5.73 Å². The van der Waals surface area contributed by atoms with Gasteiger partial charge in [0.1, 0.15) is 11.8 Å². The number of benzene rings is 1. The zero-order valence-corrected chi connectivity index (χ0v) is 11.0. The number of nitro groups is 1. The van der Waals surface area contributed by atoms with E-state index in [0.717, 1.165) is 6.07 Å². The Bertz CT molecular complexity index is 642. The van der Waals surface area contributed by atoms with Gasteiger partial charge in [0.15, 0.2) is 0 Å². The molecule has 2 rings (SSSR count). The van der Waals surface area contributed by atoms with E-state index < -0.39 is 16.9 Å². The van der Waals surface area contributed by atoms with Crippen molar-refractivity contribution >= 4 is 28.6 Å². The Kier molecular flexibility index (Phi) is 3.97. The smallest absolute Gasteiger partial charge is 0.273 e. The van der Waals surface area contributed by atoms with Crippen LogP contribution >= 0.6 is 11.3 Å². The van der Waals surface area contributed by atoms with Gasteiger partial charge in [0.25, 0.3) is 5.69 Å². The molecule has 0 aliphatic heterocycles. The van der Waals surface area contributed by atoms with Gasteiger partial charge in [-0.1, -0.05) is 6.07 Å². The highest BCUT2D eigenvalue weighted by molar-refractivity contribution is 7.10. The predicted octanol–water partition coefficient (Wildman–Crippen LogP) is 2.00. The van der Waals surface area contributed by atoms with Gasteiger partial charge in [-0.2, -0.15) is 0 Å². The molecule has 0 aliphatic rings. The third kappa shape index (κ3) is 2.92. The van der Waals surface area contributed by atoms with E-state index in [1.165, 1.54) is 23.5 Å². The molecule has 0 saturated carbocycles. The summed E-state index contributed by atoms with van der Waals surface area (Å²) in [5.41, 5.74) is 5.58. The summed E-state index contributed by atoms with van der Waals surface area (Å²) in [5.74, 6) is -0.887. The van der Waals surface area contributed by atoms with Crippen molar-refractivity contribution < 1.29 is 14.8 Å². The van der Waals surface area contributed by atoms with E-state index in [2.05, 4.69) is 5.32 Å². The number of nitrogens with zero attached hydrogens (tertiary/aromatic N) is 1. The number of carbonyl (C=O) groups is 1. The van der Waals surface area contributed by atoms with Crippen LogP contribution in [0.2, 0.25) is 0 Å². The molecular weight excluding hydrogens is 282 g/mol. The first-order valence-corrected chi connectivity index (χ1v) is 6.44. The summed E-state index contributed by atoms with van der Waals surface area (Å²) in [6.07, 6.45) is 0. The van der Waals surface area contributed by atoms with E-state index >= 15 is 0 Å². The van der Waals surface area contributed by atoms with Crippen LogP contribution in [0.1, 0.15) is 10.9 Å². The summed E-state index contributed by atoms with van der Waals surface area (Å²) < 4.78 is 0. The first-order chi connectivity index (χ1) is 9.49. The van der Waals surface area contributed by atoms with E-state index in [4.69, 9.17) is 5.73 Å². The van der Waals surface area contributed by atoms with Crippen molar-refractivity contribution in [3.05, 3.63) is 50.7 Å². The van der Waals surface area contributed by atoms with Gasteiger partial charge in [0.05, 0.1) is 16.7 Å². The first-order valence-electron chi connectivity index (χ1n) is 5.56. The number of hydrogen-bond donors (Lipinski definition) is 3. The number of hydrogen-bond acceptors (Lipinski definition) is 6. The Morgan fingerprint density at radius 1 is 1.45 bits per heavy atom. The standard InChI is InChI=1S/C12H11N3O4S/c13-11(10-2-1-5-20-10)12(17)14-8-4-3-7(15(18)19)6-9(8)16/h1-6,11,16H,13H2,(H,14,17). The second kappa shape index (κ2) is 5.68.